The predicted molar refractivity (Wildman–Crippen MR) is 106 cm³/mol. The topological polar surface area (TPSA) is 126 Å². The highest BCUT2D eigenvalue weighted by atomic mass is 16.6. The van der Waals surface area contributed by atoms with Gasteiger partial charge in [0.25, 0.3) is 11.6 Å². The Balaban J connectivity index is 2.12. The second-order valence-electron chi connectivity index (χ2n) is 6.06. The lowest BCUT2D eigenvalue weighted by atomic mass is 10.1. The molecule has 0 saturated carbocycles. The average Bonchev–Trinajstić information content (AvgIpc) is 2.76. The number of nitrogens with one attached hydrogen (secondary N) is 1. The van der Waals surface area contributed by atoms with Gasteiger partial charge < -0.3 is 24.3 Å². The number of para-hydroxylation sites is 1. The molecule has 0 aliphatic carbocycles. The van der Waals surface area contributed by atoms with Crippen LogP contribution < -0.4 is 19.5 Å². The van der Waals surface area contributed by atoms with Crippen molar-refractivity contribution in [2.24, 2.45) is 0 Å². The van der Waals surface area contributed by atoms with Gasteiger partial charge in [0.2, 0.25) is 0 Å². The van der Waals surface area contributed by atoms with Gasteiger partial charge in [-0.05, 0) is 13.0 Å². The lowest BCUT2D eigenvalue weighted by Crippen LogP contribution is -2.35. The molecule has 0 aliphatic rings. The van der Waals surface area contributed by atoms with E-state index in [1.54, 1.807) is 24.3 Å². The summed E-state index contributed by atoms with van der Waals surface area (Å²) < 4.78 is 20.4. The first-order valence-corrected chi connectivity index (χ1v) is 8.83. The number of hydrogen-bond donors (Lipinski definition) is 1. The summed E-state index contributed by atoms with van der Waals surface area (Å²) in [6.07, 6.45) is -1.19. The minimum absolute atomic E-state index is 0.0864. The molecule has 0 radical (unpaired) electrons. The van der Waals surface area contributed by atoms with Crippen LogP contribution in [0.15, 0.2) is 36.4 Å². The molecule has 0 spiro atoms. The van der Waals surface area contributed by atoms with E-state index in [4.69, 9.17) is 18.9 Å². The van der Waals surface area contributed by atoms with Gasteiger partial charge in [-0.2, -0.15) is 0 Å². The van der Waals surface area contributed by atoms with Gasteiger partial charge >= 0.3 is 5.97 Å². The van der Waals surface area contributed by atoms with E-state index in [9.17, 15) is 19.7 Å². The zero-order valence-corrected chi connectivity index (χ0v) is 17.0. The van der Waals surface area contributed by atoms with Crippen LogP contribution in [0.4, 0.5) is 5.69 Å². The number of amides is 1. The van der Waals surface area contributed by atoms with Crippen molar-refractivity contribution in [3.63, 3.8) is 0 Å². The summed E-state index contributed by atoms with van der Waals surface area (Å²) in [5.41, 5.74) is -0.149. The summed E-state index contributed by atoms with van der Waals surface area (Å²) in [5.74, 6) is -0.810. The highest BCUT2D eigenvalue weighted by Gasteiger charge is 2.28. The van der Waals surface area contributed by atoms with Crippen molar-refractivity contribution in [2.75, 3.05) is 21.3 Å². The molecule has 0 unspecified atom stereocenters. The number of nitrogens with zero attached hydrogens (tertiary/aromatic N) is 1. The molecule has 0 fully saturated rings. The van der Waals surface area contributed by atoms with E-state index in [1.165, 1.54) is 28.3 Å². The van der Waals surface area contributed by atoms with Crippen LogP contribution in [0.3, 0.4) is 0 Å². The minimum Gasteiger partial charge on any atom is -0.496 e. The van der Waals surface area contributed by atoms with Crippen LogP contribution in [0.25, 0.3) is 0 Å². The quantitative estimate of drug-likeness (QED) is 0.374. The molecule has 0 bridgehead atoms. The maximum atomic E-state index is 12.5. The van der Waals surface area contributed by atoms with Crippen molar-refractivity contribution in [3.8, 4) is 17.2 Å². The molecular formula is C20H22N2O8. The van der Waals surface area contributed by atoms with Crippen LogP contribution in [0.5, 0.6) is 17.2 Å². The second kappa shape index (κ2) is 10.1. The first-order valence-electron chi connectivity index (χ1n) is 8.83. The SMILES string of the molecule is COc1ccccc1CNC(=O)[C@@H](C)OC(=O)c1cc(OC)c(OC)cc1[N+](=O)[O-]. The monoisotopic (exact) mass is 418 g/mol. The molecule has 2 rings (SSSR count). The van der Waals surface area contributed by atoms with Crippen LogP contribution in [0, 0.1) is 10.1 Å². The van der Waals surface area contributed by atoms with E-state index < -0.39 is 28.6 Å². The Bertz CT molecular complexity index is 944. The molecule has 1 amide bonds. The van der Waals surface area contributed by atoms with Crippen LogP contribution in [-0.2, 0) is 16.1 Å². The fourth-order valence-electron chi connectivity index (χ4n) is 2.64. The van der Waals surface area contributed by atoms with Crippen molar-refractivity contribution in [3.05, 3.63) is 57.6 Å². The van der Waals surface area contributed by atoms with Gasteiger partial charge in [0.15, 0.2) is 17.6 Å². The molecule has 2 aromatic rings. The number of carbonyl (C=O) groups is 2. The fourth-order valence-corrected chi connectivity index (χ4v) is 2.64. The van der Waals surface area contributed by atoms with Gasteiger partial charge in [-0.25, -0.2) is 4.79 Å². The van der Waals surface area contributed by atoms with Crippen molar-refractivity contribution in [1.29, 1.82) is 0 Å². The van der Waals surface area contributed by atoms with E-state index in [0.717, 1.165) is 17.7 Å². The molecule has 0 heterocycles. The Labute approximate surface area is 172 Å². The van der Waals surface area contributed by atoms with E-state index >= 15 is 0 Å². The Morgan fingerprint density at radius 3 is 2.23 bits per heavy atom. The van der Waals surface area contributed by atoms with Crippen LogP contribution in [0.1, 0.15) is 22.8 Å². The molecule has 10 heteroatoms. The van der Waals surface area contributed by atoms with Gasteiger partial charge in [0.1, 0.15) is 11.3 Å². The summed E-state index contributed by atoms with van der Waals surface area (Å²) in [4.78, 5) is 35.4. The largest absolute Gasteiger partial charge is 0.496 e. The van der Waals surface area contributed by atoms with Crippen molar-refractivity contribution >= 4 is 17.6 Å². The number of esters is 1. The van der Waals surface area contributed by atoms with Crippen molar-refractivity contribution in [2.45, 2.75) is 19.6 Å². The second-order valence-corrected chi connectivity index (χ2v) is 6.06. The van der Waals surface area contributed by atoms with Gasteiger partial charge in [-0.15, -0.1) is 0 Å². The third kappa shape index (κ3) is 5.16. The number of rotatable bonds is 9. The van der Waals surface area contributed by atoms with Crippen molar-refractivity contribution < 1.29 is 33.5 Å². The molecule has 1 atom stereocenters. The first kappa shape index (κ1) is 22.5. The molecule has 2 aromatic carbocycles. The molecule has 30 heavy (non-hydrogen) atoms. The fraction of sp³-hybridized carbons (Fsp3) is 0.300. The summed E-state index contributed by atoms with van der Waals surface area (Å²) in [5, 5.41) is 14.0. The lowest BCUT2D eigenvalue weighted by Gasteiger charge is -2.15. The zero-order chi connectivity index (χ0) is 22.3. The first-order chi connectivity index (χ1) is 14.3. The third-order valence-corrected chi connectivity index (χ3v) is 4.22. The Hall–Kier alpha value is -3.82. The Morgan fingerprint density at radius 2 is 1.63 bits per heavy atom. The smallest absolute Gasteiger partial charge is 0.346 e. The summed E-state index contributed by atoms with van der Waals surface area (Å²) in [7, 11) is 4.15. The molecule has 10 nitrogen and oxygen atoms in total. The van der Waals surface area contributed by atoms with Crippen molar-refractivity contribution in [1.82, 2.24) is 5.32 Å². The predicted octanol–water partition coefficient (Wildman–Crippen LogP) is 2.48. The number of nitro benzene ring substituents is 1. The number of benzene rings is 2. The van der Waals surface area contributed by atoms with E-state index in [1.807, 2.05) is 0 Å². The number of nitro groups is 1. The van der Waals surface area contributed by atoms with Crippen LogP contribution in [-0.4, -0.2) is 44.2 Å². The maximum absolute atomic E-state index is 12.5. The Kier molecular flexibility index (Phi) is 7.56. The minimum atomic E-state index is -1.19. The molecule has 0 aliphatic heterocycles. The zero-order valence-electron chi connectivity index (χ0n) is 17.0. The standard InChI is InChI=1S/C20H22N2O8/c1-12(19(23)21-11-13-7-5-6-8-16(13)27-2)30-20(24)14-9-17(28-3)18(29-4)10-15(14)22(25)26/h5-10,12H,11H2,1-4H3,(H,21,23)/t12-/m1/s1. The van der Waals surface area contributed by atoms with Gasteiger partial charge in [0.05, 0.1) is 32.3 Å². The molecule has 0 aromatic heterocycles. The Morgan fingerprint density at radius 1 is 1.03 bits per heavy atom. The summed E-state index contributed by atoms with van der Waals surface area (Å²) in [6, 6.07) is 9.32. The van der Waals surface area contributed by atoms with Crippen LogP contribution >= 0.6 is 0 Å². The summed E-state index contributed by atoms with van der Waals surface area (Å²) in [6.45, 7) is 1.52. The number of methoxy groups -OCH3 is 3. The molecule has 1 N–H and O–H groups in total. The molecule has 0 saturated heterocycles. The average molecular weight is 418 g/mol. The number of carbonyl (C=O) groups excluding carboxylic acids is 2. The van der Waals surface area contributed by atoms with E-state index in [0.29, 0.717) is 5.75 Å². The normalized spacial score (nSPS) is 11.2. The van der Waals surface area contributed by atoms with E-state index in [2.05, 4.69) is 5.32 Å². The molecule has 160 valence electrons. The molecular weight excluding hydrogens is 396 g/mol. The third-order valence-electron chi connectivity index (χ3n) is 4.22. The van der Waals surface area contributed by atoms with E-state index in [-0.39, 0.29) is 23.6 Å². The maximum Gasteiger partial charge on any atom is 0.346 e. The van der Waals surface area contributed by atoms with Gasteiger partial charge in [-0.3, -0.25) is 14.9 Å². The number of ether oxygens (including phenoxy) is 4. The van der Waals surface area contributed by atoms with Gasteiger partial charge in [-0.1, -0.05) is 18.2 Å². The lowest BCUT2D eigenvalue weighted by molar-refractivity contribution is -0.385. The van der Waals surface area contributed by atoms with Crippen LogP contribution in [0.2, 0.25) is 0 Å². The summed E-state index contributed by atoms with van der Waals surface area (Å²) >= 11 is 0. The highest BCUT2D eigenvalue weighted by molar-refractivity contribution is 5.96. The highest BCUT2D eigenvalue weighted by Crippen LogP contribution is 2.35. The number of hydrogen-bond acceptors (Lipinski definition) is 8. The van der Waals surface area contributed by atoms with Gasteiger partial charge in [0, 0.05) is 18.2 Å².